The van der Waals surface area contributed by atoms with Crippen LogP contribution in [0.4, 0.5) is 0 Å². The van der Waals surface area contributed by atoms with E-state index in [1.54, 1.807) is 0 Å². The fraction of sp³-hybridized carbons (Fsp3) is 0.776. The lowest BCUT2D eigenvalue weighted by atomic mass is 10.0. The van der Waals surface area contributed by atoms with Gasteiger partial charge < -0.3 is 14.2 Å². The summed E-state index contributed by atoms with van der Waals surface area (Å²) in [6, 6.07) is 0. The summed E-state index contributed by atoms with van der Waals surface area (Å²) in [6.07, 6.45) is 51.0. The van der Waals surface area contributed by atoms with Crippen molar-refractivity contribution >= 4 is 17.9 Å². The molecule has 0 aliphatic rings. The van der Waals surface area contributed by atoms with Gasteiger partial charge in [-0.2, -0.15) is 0 Å². The highest BCUT2D eigenvalue weighted by molar-refractivity contribution is 5.71. The molecule has 0 saturated heterocycles. The van der Waals surface area contributed by atoms with E-state index >= 15 is 0 Å². The average molecular weight is 771 g/mol. The molecule has 318 valence electrons. The number of allylic oxidation sites excluding steroid dienone is 8. The van der Waals surface area contributed by atoms with Gasteiger partial charge in [-0.05, 0) is 70.6 Å². The lowest BCUT2D eigenvalue weighted by Crippen LogP contribution is -2.30. The first-order valence-electron chi connectivity index (χ1n) is 23.1. The average Bonchev–Trinajstić information content (AvgIpc) is 3.18. The molecule has 0 N–H and O–H groups in total. The van der Waals surface area contributed by atoms with Crippen molar-refractivity contribution in [2.45, 2.75) is 232 Å². The minimum absolute atomic E-state index is 0.0821. The summed E-state index contributed by atoms with van der Waals surface area (Å²) in [5.74, 6) is -0.909. The van der Waals surface area contributed by atoms with Gasteiger partial charge in [-0.15, -0.1) is 0 Å². The molecule has 0 fully saturated rings. The molecular weight excluding hydrogens is 685 g/mol. The zero-order chi connectivity index (χ0) is 40.1. The molecule has 0 aliphatic carbocycles. The van der Waals surface area contributed by atoms with Crippen LogP contribution in [0.15, 0.2) is 48.6 Å². The molecule has 0 amide bonds. The zero-order valence-electron chi connectivity index (χ0n) is 36.2. The van der Waals surface area contributed by atoms with Gasteiger partial charge >= 0.3 is 17.9 Å². The second kappa shape index (κ2) is 44.1. The summed E-state index contributed by atoms with van der Waals surface area (Å²) in [4.78, 5) is 37.7. The number of hydrogen-bond acceptors (Lipinski definition) is 6. The Morgan fingerprint density at radius 2 is 0.709 bits per heavy atom. The number of carbonyl (C=O) groups is 3. The SMILES string of the molecule is CC/C=C\C/C=C\C/C=C\CCCCCCCC(=O)OCC(COC(=O)CCCCCCC/C=C\CC)OC(=O)CCCCCCCCCCCCCCC. The van der Waals surface area contributed by atoms with Crippen LogP contribution in [-0.4, -0.2) is 37.2 Å². The van der Waals surface area contributed by atoms with Crippen LogP contribution in [0.5, 0.6) is 0 Å². The van der Waals surface area contributed by atoms with E-state index in [2.05, 4.69) is 69.4 Å². The van der Waals surface area contributed by atoms with E-state index in [0.29, 0.717) is 19.3 Å². The van der Waals surface area contributed by atoms with Crippen LogP contribution in [-0.2, 0) is 28.6 Å². The Balaban J connectivity index is 4.37. The van der Waals surface area contributed by atoms with E-state index in [1.807, 2.05) is 0 Å². The number of carbonyl (C=O) groups excluding carboxylic acids is 3. The van der Waals surface area contributed by atoms with Crippen molar-refractivity contribution in [3.05, 3.63) is 48.6 Å². The molecular formula is C49H86O6. The van der Waals surface area contributed by atoms with Crippen molar-refractivity contribution in [3.8, 4) is 0 Å². The number of ether oxygens (including phenoxy) is 3. The van der Waals surface area contributed by atoms with Gasteiger partial charge in [-0.3, -0.25) is 14.4 Å². The third kappa shape index (κ3) is 42.4. The highest BCUT2D eigenvalue weighted by Crippen LogP contribution is 2.15. The maximum absolute atomic E-state index is 12.7. The summed E-state index contributed by atoms with van der Waals surface area (Å²) in [7, 11) is 0. The van der Waals surface area contributed by atoms with Crippen molar-refractivity contribution in [3.63, 3.8) is 0 Å². The molecule has 0 saturated carbocycles. The van der Waals surface area contributed by atoms with Crippen LogP contribution >= 0.6 is 0 Å². The van der Waals surface area contributed by atoms with Crippen molar-refractivity contribution in [2.75, 3.05) is 13.2 Å². The monoisotopic (exact) mass is 771 g/mol. The molecule has 0 heterocycles. The molecule has 0 aromatic rings. The molecule has 0 aromatic heterocycles. The summed E-state index contributed by atoms with van der Waals surface area (Å²) in [5, 5.41) is 0. The summed E-state index contributed by atoms with van der Waals surface area (Å²) < 4.78 is 16.7. The maximum Gasteiger partial charge on any atom is 0.306 e. The van der Waals surface area contributed by atoms with E-state index < -0.39 is 6.10 Å². The smallest absolute Gasteiger partial charge is 0.306 e. The van der Waals surface area contributed by atoms with Crippen molar-refractivity contribution in [2.24, 2.45) is 0 Å². The van der Waals surface area contributed by atoms with Gasteiger partial charge in [-0.1, -0.05) is 185 Å². The topological polar surface area (TPSA) is 78.9 Å². The number of rotatable bonds is 41. The van der Waals surface area contributed by atoms with Crippen molar-refractivity contribution < 1.29 is 28.6 Å². The van der Waals surface area contributed by atoms with E-state index in [0.717, 1.165) is 109 Å². The van der Waals surface area contributed by atoms with E-state index in [-0.39, 0.29) is 31.1 Å². The van der Waals surface area contributed by atoms with E-state index in [1.165, 1.54) is 77.0 Å². The molecule has 0 bridgehead atoms. The predicted octanol–water partition coefficient (Wildman–Crippen LogP) is 14.8. The zero-order valence-corrected chi connectivity index (χ0v) is 36.2. The third-order valence-electron chi connectivity index (χ3n) is 9.83. The van der Waals surface area contributed by atoms with Gasteiger partial charge in [-0.25, -0.2) is 0 Å². The minimum Gasteiger partial charge on any atom is -0.462 e. The number of unbranched alkanes of at least 4 members (excludes halogenated alkanes) is 22. The molecule has 6 nitrogen and oxygen atoms in total. The molecule has 0 aromatic carbocycles. The fourth-order valence-corrected chi connectivity index (χ4v) is 6.40. The molecule has 0 radical (unpaired) electrons. The van der Waals surface area contributed by atoms with Crippen LogP contribution < -0.4 is 0 Å². The first-order valence-corrected chi connectivity index (χ1v) is 23.1. The largest absolute Gasteiger partial charge is 0.462 e. The quantitative estimate of drug-likeness (QED) is 0.0267. The highest BCUT2D eigenvalue weighted by atomic mass is 16.6. The highest BCUT2D eigenvalue weighted by Gasteiger charge is 2.19. The standard InChI is InChI=1S/C49H86O6/c1-4-7-10-13-16-19-21-23-24-26-27-30-33-36-39-42-48(51)54-45-46(44-53-47(50)41-38-35-32-29-18-15-12-9-6-3)55-49(52)43-40-37-34-31-28-25-22-20-17-14-11-8-5-2/h7,9-10,12,16,19,23-24,46H,4-6,8,11,13-15,17-18,20-22,25-45H2,1-3H3/b10-7-,12-9-,19-16-,24-23-. The van der Waals surface area contributed by atoms with Gasteiger partial charge in [0.2, 0.25) is 0 Å². The molecule has 55 heavy (non-hydrogen) atoms. The molecule has 0 spiro atoms. The summed E-state index contributed by atoms with van der Waals surface area (Å²) in [6.45, 7) is 6.39. The molecule has 6 heteroatoms. The lowest BCUT2D eigenvalue weighted by Gasteiger charge is -2.18. The first-order chi connectivity index (χ1) is 27.0. The van der Waals surface area contributed by atoms with Crippen LogP contribution in [0.25, 0.3) is 0 Å². The van der Waals surface area contributed by atoms with Gasteiger partial charge in [0.15, 0.2) is 6.10 Å². The Kier molecular flexibility index (Phi) is 42.0. The van der Waals surface area contributed by atoms with Crippen LogP contribution in [0.1, 0.15) is 226 Å². The predicted molar refractivity (Wildman–Crippen MR) is 233 cm³/mol. The summed E-state index contributed by atoms with van der Waals surface area (Å²) >= 11 is 0. The van der Waals surface area contributed by atoms with Gasteiger partial charge in [0.1, 0.15) is 13.2 Å². The fourth-order valence-electron chi connectivity index (χ4n) is 6.40. The van der Waals surface area contributed by atoms with E-state index in [9.17, 15) is 14.4 Å². The Bertz CT molecular complexity index is 980. The van der Waals surface area contributed by atoms with Gasteiger partial charge in [0.25, 0.3) is 0 Å². The van der Waals surface area contributed by atoms with Gasteiger partial charge in [0, 0.05) is 19.3 Å². The minimum atomic E-state index is -0.778. The van der Waals surface area contributed by atoms with Gasteiger partial charge in [0.05, 0.1) is 0 Å². The molecule has 1 unspecified atom stereocenters. The van der Waals surface area contributed by atoms with E-state index in [4.69, 9.17) is 14.2 Å². The Morgan fingerprint density at radius 1 is 0.382 bits per heavy atom. The lowest BCUT2D eigenvalue weighted by molar-refractivity contribution is -0.167. The Hall–Kier alpha value is -2.63. The molecule has 1 atom stereocenters. The van der Waals surface area contributed by atoms with Crippen molar-refractivity contribution in [1.29, 1.82) is 0 Å². The second-order valence-corrected chi connectivity index (χ2v) is 15.3. The first kappa shape index (κ1) is 52.4. The second-order valence-electron chi connectivity index (χ2n) is 15.3. The third-order valence-corrected chi connectivity index (χ3v) is 9.83. The summed E-state index contributed by atoms with van der Waals surface area (Å²) in [5.41, 5.74) is 0. The molecule has 0 rings (SSSR count). The number of hydrogen-bond donors (Lipinski definition) is 0. The van der Waals surface area contributed by atoms with Crippen molar-refractivity contribution in [1.82, 2.24) is 0 Å². The Morgan fingerprint density at radius 3 is 1.15 bits per heavy atom. The normalized spacial score (nSPS) is 12.4. The van der Waals surface area contributed by atoms with Crippen LogP contribution in [0.3, 0.4) is 0 Å². The molecule has 0 aliphatic heterocycles. The number of esters is 3. The maximum atomic E-state index is 12.7. The Labute approximate surface area is 339 Å². The van der Waals surface area contributed by atoms with Crippen LogP contribution in [0, 0.1) is 0 Å². The van der Waals surface area contributed by atoms with Crippen LogP contribution in [0.2, 0.25) is 0 Å².